The number of carboxylic acids is 1. The number of ether oxygens (including phenoxy) is 1. The van der Waals surface area contributed by atoms with Gasteiger partial charge in [-0.05, 0) is 73.0 Å². The number of aliphatic carboxylic acids is 1. The third kappa shape index (κ3) is 4.44. The van der Waals surface area contributed by atoms with E-state index in [4.69, 9.17) is 9.84 Å². The van der Waals surface area contributed by atoms with Crippen LogP contribution in [0.25, 0.3) is 21.2 Å². The van der Waals surface area contributed by atoms with Gasteiger partial charge < -0.3 is 20.1 Å². The Bertz CT molecular complexity index is 1390. The standard InChI is InChI=1S/C26H20O6S/c1-14-11-18(28)12-15(2)23(14)25(31)26-24(20-8-5-17(27)13-21(20)33-26)16-3-6-19(7-4-16)32-10-9-22(29)30/h3-13,27-28H,1-2H3,(H,29,30)/b10-9+. The summed E-state index contributed by atoms with van der Waals surface area (Å²) in [7, 11) is 0. The Kier molecular flexibility index (Phi) is 5.89. The topological polar surface area (TPSA) is 104 Å². The van der Waals surface area contributed by atoms with Crippen LogP contribution in [0.2, 0.25) is 0 Å². The van der Waals surface area contributed by atoms with E-state index in [2.05, 4.69) is 0 Å². The number of thiophene rings is 1. The van der Waals surface area contributed by atoms with Gasteiger partial charge >= 0.3 is 5.97 Å². The second kappa shape index (κ2) is 8.80. The minimum absolute atomic E-state index is 0.107. The van der Waals surface area contributed by atoms with Gasteiger partial charge in [-0.2, -0.15) is 0 Å². The molecule has 3 N–H and O–H groups in total. The molecule has 1 aromatic heterocycles. The quantitative estimate of drug-likeness (QED) is 0.191. The molecule has 33 heavy (non-hydrogen) atoms. The van der Waals surface area contributed by atoms with Crippen molar-refractivity contribution in [3.05, 3.63) is 88.5 Å². The number of fused-ring (bicyclic) bond motifs is 1. The number of aromatic hydroxyl groups is 2. The monoisotopic (exact) mass is 460 g/mol. The summed E-state index contributed by atoms with van der Waals surface area (Å²) in [5.41, 5.74) is 3.40. The van der Waals surface area contributed by atoms with Crippen LogP contribution >= 0.6 is 11.3 Å². The molecule has 7 heteroatoms. The van der Waals surface area contributed by atoms with Gasteiger partial charge in [0.15, 0.2) is 0 Å². The van der Waals surface area contributed by atoms with E-state index < -0.39 is 5.97 Å². The van der Waals surface area contributed by atoms with Crippen LogP contribution in [0, 0.1) is 13.8 Å². The van der Waals surface area contributed by atoms with Crippen LogP contribution in [0.3, 0.4) is 0 Å². The Hall–Kier alpha value is -4.10. The normalized spacial score (nSPS) is 11.2. The van der Waals surface area contributed by atoms with Crippen molar-refractivity contribution >= 4 is 33.2 Å². The Morgan fingerprint density at radius 3 is 2.21 bits per heavy atom. The number of rotatable bonds is 6. The molecule has 3 aromatic carbocycles. The zero-order valence-corrected chi connectivity index (χ0v) is 18.6. The number of phenolic OH excluding ortho intramolecular Hbond substituents is 2. The summed E-state index contributed by atoms with van der Waals surface area (Å²) in [5.74, 6) is -0.602. The average Bonchev–Trinajstić information content (AvgIpc) is 3.11. The average molecular weight is 461 g/mol. The first-order chi connectivity index (χ1) is 15.7. The minimum Gasteiger partial charge on any atom is -0.508 e. The molecule has 0 unspecified atom stereocenters. The number of aryl methyl sites for hydroxylation is 2. The van der Waals surface area contributed by atoms with E-state index in [1.165, 1.54) is 11.3 Å². The van der Waals surface area contributed by atoms with Crippen LogP contribution in [0.15, 0.2) is 66.9 Å². The maximum atomic E-state index is 13.7. The van der Waals surface area contributed by atoms with E-state index in [0.717, 1.165) is 33.6 Å². The van der Waals surface area contributed by atoms with Gasteiger partial charge in [-0.3, -0.25) is 4.79 Å². The first-order valence-corrected chi connectivity index (χ1v) is 10.8. The molecule has 1 heterocycles. The third-order valence-corrected chi connectivity index (χ3v) is 6.33. The minimum atomic E-state index is -1.11. The van der Waals surface area contributed by atoms with Gasteiger partial charge in [0.25, 0.3) is 0 Å². The van der Waals surface area contributed by atoms with Crippen LogP contribution in [0.1, 0.15) is 26.4 Å². The van der Waals surface area contributed by atoms with E-state index in [1.807, 2.05) is 0 Å². The molecule has 0 bridgehead atoms. The van der Waals surface area contributed by atoms with E-state index >= 15 is 0 Å². The van der Waals surface area contributed by atoms with Crippen molar-refractivity contribution in [2.24, 2.45) is 0 Å². The smallest absolute Gasteiger partial charge is 0.331 e. The molecular weight excluding hydrogens is 440 g/mol. The highest BCUT2D eigenvalue weighted by molar-refractivity contribution is 7.21. The van der Waals surface area contributed by atoms with Crippen molar-refractivity contribution in [3.63, 3.8) is 0 Å². The molecule has 0 radical (unpaired) electrons. The fourth-order valence-electron chi connectivity index (χ4n) is 3.82. The molecule has 0 atom stereocenters. The SMILES string of the molecule is Cc1cc(O)cc(C)c1C(=O)c1sc2cc(O)ccc2c1-c1ccc(O/C=C/C(=O)O)cc1. The number of carboxylic acid groups (broad SMARTS) is 1. The summed E-state index contributed by atoms with van der Waals surface area (Å²) in [6.07, 6.45) is 1.98. The van der Waals surface area contributed by atoms with Crippen LogP contribution in [-0.4, -0.2) is 27.1 Å². The fourth-order valence-corrected chi connectivity index (χ4v) is 5.02. The lowest BCUT2D eigenvalue weighted by Crippen LogP contribution is -2.06. The van der Waals surface area contributed by atoms with E-state index in [0.29, 0.717) is 27.3 Å². The summed E-state index contributed by atoms with van der Waals surface area (Å²) in [5, 5.41) is 29.4. The fraction of sp³-hybridized carbons (Fsp3) is 0.0769. The van der Waals surface area contributed by atoms with Crippen molar-refractivity contribution in [2.75, 3.05) is 0 Å². The number of phenols is 2. The molecule has 0 saturated heterocycles. The highest BCUT2D eigenvalue weighted by Gasteiger charge is 2.24. The van der Waals surface area contributed by atoms with E-state index in [-0.39, 0.29) is 17.3 Å². The first-order valence-electron chi connectivity index (χ1n) is 10.0. The Morgan fingerprint density at radius 2 is 1.58 bits per heavy atom. The number of carbonyl (C=O) groups is 2. The van der Waals surface area contributed by atoms with Crippen molar-refractivity contribution in [1.82, 2.24) is 0 Å². The predicted octanol–water partition coefficient (Wildman–Crippen LogP) is 5.80. The highest BCUT2D eigenvalue weighted by Crippen LogP contribution is 2.42. The van der Waals surface area contributed by atoms with Crippen LogP contribution in [0.5, 0.6) is 17.2 Å². The highest BCUT2D eigenvalue weighted by atomic mass is 32.1. The van der Waals surface area contributed by atoms with Gasteiger partial charge in [0.05, 0.1) is 17.2 Å². The van der Waals surface area contributed by atoms with Crippen molar-refractivity contribution in [2.45, 2.75) is 13.8 Å². The molecule has 0 amide bonds. The van der Waals surface area contributed by atoms with Crippen LogP contribution in [0.4, 0.5) is 0 Å². The van der Waals surface area contributed by atoms with Crippen molar-refractivity contribution < 1.29 is 29.6 Å². The van der Waals surface area contributed by atoms with Gasteiger partial charge in [-0.25, -0.2) is 4.79 Å². The van der Waals surface area contributed by atoms with Gasteiger partial charge in [0.2, 0.25) is 5.78 Å². The molecule has 4 rings (SSSR count). The largest absolute Gasteiger partial charge is 0.508 e. The van der Waals surface area contributed by atoms with Crippen LogP contribution in [-0.2, 0) is 4.79 Å². The molecular formula is C26H20O6S. The summed E-state index contributed by atoms with van der Waals surface area (Å²) in [6.45, 7) is 3.57. The summed E-state index contributed by atoms with van der Waals surface area (Å²) < 4.78 is 6.07. The third-order valence-electron chi connectivity index (χ3n) is 5.18. The molecule has 0 spiro atoms. The lowest BCUT2D eigenvalue weighted by Gasteiger charge is -2.11. The lowest BCUT2D eigenvalue weighted by molar-refractivity contribution is -0.131. The molecule has 6 nitrogen and oxygen atoms in total. The van der Waals surface area contributed by atoms with Gasteiger partial charge in [-0.1, -0.05) is 12.1 Å². The second-order valence-corrected chi connectivity index (χ2v) is 8.61. The lowest BCUT2D eigenvalue weighted by atomic mass is 9.93. The summed E-state index contributed by atoms with van der Waals surface area (Å²) in [6, 6.07) is 15.1. The first kappa shape index (κ1) is 22.1. The van der Waals surface area contributed by atoms with Crippen molar-refractivity contribution in [1.29, 1.82) is 0 Å². The maximum absolute atomic E-state index is 13.7. The zero-order valence-electron chi connectivity index (χ0n) is 17.8. The predicted molar refractivity (Wildman–Crippen MR) is 127 cm³/mol. The molecule has 0 aliphatic rings. The van der Waals surface area contributed by atoms with E-state index in [1.54, 1.807) is 68.4 Å². The Morgan fingerprint density at radius 1 is 0.909 bits per heavy atom. The molecule has 166 valence electrons. The van der Waals surface area contributed by atoms with Crippen LogP contribution < -0.4 is 4.74 Å². The van der Waals surface area contributed by atoms with Gasteiger partial charge in [0.1, 0.15) is 17.2 Å². The maximum Gasteiger partial charge on any atom is 0.331 e. The second-order valence-electron chi connectivity index (χ2n) is 7.55. The number of benzene rings is 3. The number of hydrogen-bond acceptors (Lipinski definition) is 6. The molecule has 0 fully saturated rings. The summed E-state index contributed by atoms with van der Waals surface area (Å²) in [4.78, 5) is 24.8. The van der Waals surface area contributed by atoms with Gasteiger partial charge in [0, 0.05) is 21.2 Å². The molecule has 4 aromatic rings. The van der Waals surface area contributed by atoms with Gasteiger partial charge in [-0.15, -0.1) is 11.3 Å². The number of ketones is 1. The van der Waals surface area contributed by atoms with Crippen molar-refractivity contribution in [3.8, 4) is 28.4 Å². The van der Waals surface area contributed by atoms with E-state index in [9.17, 15) is 19.8 Å². The molecule has 0 saturated carbocycles. The molecule has 0 aliphatic heterocycles. The zero-order chi connectivity index (χ0) is 23.7. The summed E-state index contributed by atoms with van der Waals surface area (Å²) >= 11 is 1.30. The number of hydrogen-bond donors (Lipinski definition) is 3. The Labute approximate surface area is 193 Å². The number of carbonyl (C=O) groups excluding carboxylic acids is 1. The molecule has 0 aliphatic carbocycles. The Balaban J connectivity index is 1.84.